The molecule has 2 aromatic carbocycles. The van der Waals surface area contributed by atoms with Gasteiger partial charge in [-0.15, -0.1) is 0 Å². The third-order valence-corrected chi connectivity index (χ3v) is 3.22. The van der Waals surface area contributed by atoms with Crippen molar-refractivity contribution >= 4 is 21.6 Å². The molecule has 0 aliphatic heterocycles. The molecule has 0 bridgehead atoms. The van der Waals surface area contributed by atoms with E-state index in [1.165, 1.54) is 11.1 Å². The number of aryl methyl sites for hydroxylation is 1. The Morgan fingerprint density at radius 2 is 2.00 bits per heavy atom. The number of benzene rings is 2. The summed E-state index contributed by atoms with van der Waals surface area (Å²) in [6, 6.07) is 14.4. The standard InChI is InChI=1S/C15H16BrNO/c1-11-6-7-14(15(8-11)18-2)17-10-12-4-3-5-13(16)9-12/h3-9,17H,10H2,1-2H3. The quantitative estimate of drug-likeness (QED) is 0.905. The molecular weight excluding hydrogens is 290 g/mol. The number of hydrogen-bond acceptors (Lipinski definition) is 2. The third kappa shape index (κ3) is 3.26. The number of methoxy groups -OCH3 is 1. The predicted octanol–water partition coefficient (Wildman–Crippen LogP) is 4.38. The molecule has 0 atom stereocenters. The SMILES string of the molecule is COc1cc(C)ccc1NCc1cccc(Br)c1. The lowest BCUT2D eigenvalue weighted by Gasteiger charge is -2.12. The molecule has 2 nitrogen and oxygen atoms in total. The van der Waals surface area contributed by atoms with Crippen LogP contribution in [-0.2, 0) is 6.54 Å². The second-order valence-electron chi connectivity index (χ2n) is 4.19. The molecule has 0 heterocycles. The second kappa shape index (κ2) is 5.91. The van der Waals surface area contributed by atoms with E-state index in [1.807, 2.05) is 24.3 Å². The maximum Gasteiger partial charge on any atom is 0.142 e. The van der Waals surface area contributed by atoms with E-state index >= 15 is 0 Å². The molecule has 2 rings (SSSR count). The Labute approximate surface area is 116 Å². The molecule has 94 valence electrons. The number of halogens is 1. The summed E-state index contributed by atoms with van der Waals surface area (Å²) < 4.78 is 6.46. The first-order chi connectivity index (χ1) is 8.69. The second-order valence-corrected chi connectivity index (χ2v) is 5.10. The third-order valence-electron chi connectivity index (χ3n) is 2.73. The van der Waals surface area contributed by atoms with Crippen LogP contribution in [0.5, 0.6) is 5.75 Å². The molecule has 1 N–H and O–H groups in total. The average molecular weight is 306 g/mol. The van der Waals surface area contributed by atoms with Gasteiger partial charge in [-0.05, 0) is 42.3 Å². The van der Waals surface area contributed by atoms with Crippen molar-refractivity contribution in [2.24, 2.45) is 0 Å². The molecule has 0 spiro atoms. The van der Waals surface area contributed by atoms with Gasteiger partial charge in [0.15, 0.2) is 0 Å². The Bertz CT molecular complexity index is 540. The van der Waals surface area contributed by atoms with Crippen molar-refractivity contribution in [1.29, 1.82) is 0 Å². The molecule has 0 amide bonds. The van der Waals surface area contributed by atoms with E-state index in [0.717, 1.165) is 22.5 Å². The van der Waals surface area contributed by atoms with E-state index in [-0.39, 0.29) is 0 Å². The highest BCUT2D eigenvalue weighted by atomic mass is 79.9. The molecule has 0 aromatic heterocycles. The average Bonchev–Trinajstić information content (AvgIpc) is 2.37. The van der Waals surface area contributed by atoms with Crippen LogP contribution in [0.15, 0.2) is 46.9 Å². The highest BCUT2D eigenvalue weighted by Crippen LogP contribution is 2.26. The first-order valence-electron chi connectivity index (χ1n) is 5.82. The molecule has 0 saturated heterocycles. The van der Waals surface area contributed by atoms with Crippen molar-refractivity contribution < 1.29 is 4.74 Å². The number of anilines is 1. The van der Waals surface area contributed by atoms with Crippen molar-refractivity contribution in [2.75, 3.05) is 12.4 Å². The first-order valence-corrected chi connectivity index (χ1v) is 6.61. The van der Waals surface area contributed by atoms with Crippen LogP contribution in [0.3, 0.4) is 0 Å². The smallest absolute Gasteiger partial charge is 0.142 e. The zero-order valence-corrected chi connectivity index (χ0v) is 12.1. The number of rotatable bonds is 4. The summed E-state index contributed by atoms with van der Waals surface area (Å²) in [6.07, 6.45) is 0. The molecule has 0 unspecified atom stereocenters. The van der Waals surface area contributed by atoms with Gasteiger partial charge in [0, 0.05) is 11.0 Å². The Hall–Kier alpha value is -1.48. The fourth-order valence-corrected chi connectivity index (χ4v) is 2.24. The minimum Gasteiger partial charge on any atom is -0.495 e. The normalized spacial score (nSPS) is 10.2. The summed E-state index contributed by atoms with van der Waals surface area (Å²) in [7, 11) is 1.69. The number of ether oxygens (including phenoxy) is 1. The van der Waals surface area contributed by atoms with Crippen LogP contribution in [0, 0.1) is 6.92 Å². The van der Waals surface area contributed by atoms with Crippen LogP contribution in [0.25, 0.3) is 0 Å². The van der Waals surface area contributed by atoms with E-state index < -0.39 is 0 Å². The van der Waals surface area contributed by atoms with Crippen molar-refractivity contribution in [1.82, 2.24) is 0 Å². The summed E-state index contributed by atoms with van der Waals surface area (Å²) in [6.45, 7) is 2.83. The van der Waals surface area contributed by atoms with E-state index in [2.05, 4.69) is 46.4 Å². The van der Waals surface area contributed by atoms with Gasteiger partial charge in [-0.3, -0.25) is 0 Å². The van der Waals surface area contributed by atoms with E-state index in [1.54, 1.807) is 7.11 Å². The van der Waals surface area contributed by atoms with Gasteiger partial charge >= 0.3 is 0 Å². The van der Waals surface area contributed by atoms with Gasteiger partial charge in [0.05, 0.1) is 12.8 Å². The van der Waals surface area contributed by atoms with Crippen LogP contribution >= 0.6 is 15.9 Å². The Morgan fingerprint density at radius 3 is 2.72 bits per heavy atom. The van der Waals surface area contributed by atoms with Crippen LogP contribution < -0.4 is 10.1 Å². The molecule has 0 aliphatic carbocycles. The fraction of sp³-hybridized carbons (Fsp3) is 0.200. The topological polar surface area (TPSA) is 21.3 Å². The summed E-state index contributed by atoms with van der Waals surface area (Å²) in [5, 5.41) is 3.39. The Morgan fingerprint density at radius 1 is 1.17 bits per heavy atom. The van der Waals surface area contributed by atoms with Crippen LogP contribution in [0.1, 0.15) is 11.1 Å². The van der Waals surface area contributed by atoms with Crippen molar-refractivity contribution in [2.45, 2.75) is 13.5 Å². The van der Waals surface area contributed by atoms with Gasteiger partial charge < -0.3 is 10.1 Å². The van der Waals surface area contributed by atoms with Gasteiger partial charge in [-0.25, -0.2) is 0 Å². The zero-order valence-electron chi connectivity index (χ0n) is 10.5. The predicted molar refractivity (Wildman–Crippen MR) is 79.2 cm³/mol. The van der Waals surface area contributed by atoms with Gasteiger partial charge in [-0.1, -0.05) is 34.1 Å². The van der Waals surface area contributed by atoms with Gasteiger partial charge in [-0.2, -0.15) is 0 Å². The molecule has 0 radical (unpaired) electrons. The maximum atomic E-state index is 5.37. The van der Waals surface area contributed by atoms with Crippen molar-refractivity contribution in [3.05, 3.63) is 58.1 Å². The molecule has 2 aromatic rings. The molecule has 0 fully saturated rings. The number of nitrogens with one attached hydrogen (secondary N) is 1. The fourth-order valence-electron chi connectivity index (χ4n) is 1.79. The van der Waals surface area contributed by atoms with Crippen LogP contribution in [0.2, 0.25) is 0 Å². The maximum absolute atomic E-state index is 5.37. The highest BCUT2D eigenvalue weighted by molar-refractivity contribution is 9.10. The van der Waals surface area contributed by atoms with E-state index in [0.29, 0.717) is 0 Å². The van der Waals surface area contributed by atoms with Crippen LogP contribution in [0.4, 0.5) is 5.69 Å². The van der Waals surface area contributed by atoms with E-state index in [4.69, 9.17) is 4.74 Å². The van der Waals surface area contributed by atoms with Crippen molar-refractivity contribution in [3.63, 3.8) is 0 Å². The first kappa shape index (κ1) is 13.0. The minimum atomic E-state index is 0.777. The van der Waals surface area contributed by atoms with Crippen LogP contribution in [-0.4, -0.2) is 7.11 Å². The van der Waals surface area contributed by atoms with Gasteiger partial charge in [0.1, 0.15) is 5.75 Å². The van der Waals surface area contributed by atoms with E-state index in [9.17, 15) is 0 Å². The monoisotopic (exact) mass is 305 g/mol. The Kier molecular flexibility index (Phi) is 4.26. The lowest BCUT2D eigenvalue weighted by Crippen LogP contribution is -2.01. The summed E-state index contributed by atoms with van der Waals surface area (Å²) >= 11 is 3.47. The summed E-state index contributed by atoms with van der Waals surface area (Å²) in [4.78, 5) is 0. The van der Waals surface area contributed by atoms with Gasteiger partial charge in [0.2, 0.25) is 0 Å². The Balaban J connectivity index is 2.10. The summed E-state index contributed by atoms with van der Waals surface area (Å²) in [5.41, 5.74) is 3.44. The minimum absolute atomic E-state index is 0.777. The molecule has 18 heavy (non-hydrogen) atoms. The molecule has 0 saturated carbocycles. The zero-order chi connectivity index (χ0) is 13.0. The molecule has 3 heteroatoms. The lowest BCUT2D eigenvalue weighted by atomic mass is 10.2. The largest absolute Gasteiger partial charge is 0.495 e. The molecular formula is C15H16BrNO. The molecule has 0 aliphatic rings. The highest BCUT2D eigenvalue weighted by Gasteiger charge is 2.02. The lowest BCUT2D eigenvalue weighted by molar-refractivity contribution is 0.416. The summed E-state index contributed by atoms with van der Waals surface area (Å²) in [5.74, 6) is 0.880. The van der Waals surface area contributed by atoms with Gasteiger partial charge in [0.25, 0.3) is 0 Å². The van der Waals surface area contributed by atoms with Crippen molar-refractivity contribution in [3.8, 4) is 5.75 Å². The number of hydrogen-bond donors (Lipinski definition) is 1.